The van der Waals surface area contributed by atoms with E-state index in [4.69, 9.17) is 16.3 Å². The molecule has 1 N–H and O–H groups in total. The van der Waals surface area contributed by atoms with Gasteiger partial charge in [-0.05, 0) is 43.3 Å². The van der Waals surface area contributed by atoms with Crippen molar-refractivity contribution in [3.8, 4) is 16.3 Å². The van der Waals surface area contributed by atoms with E-state index in [-0.39, 0.29) is 5.91 Å². The molecule has 0 aliphatic heterocycles. The molecule has 1 amide bonds. The maximum atomic E-state index is 12.2. The van der Waals surface area contributed by atoms with E-state index in [1.165, 1.54) is 0 Å². The number of hydrogen-bond donors (Lipinski definition) is 1. The van der Waals surface area contributed by atoms with Crippen LogP contribution >= 0.6 is 22.9 Å². The SMILES string of the molecule is Cc1csc(-c2ccc(C(=O)NCCOc3ccc(Cl)cc3)cc2)n1. The van der Waals surface area contributed by atoms with Gasteiger partial charge in [0.15, 0.2) is 0 Å². The zero-order valence-corrected chi connectivity index (χ0v) is 15.2. The first-order chi connectivity index (χ1) is 12.1. The molecule has 3 aromatic rings. The molecule has 3 rings (SSSR count). The van der Waals surface area contributed by atoms with Crippen molar-refractivity contribution in [2.75, 3.05) is 13.2 Å². The van der Waals surface area contributed by atoms with Gasteiger partial charge in [0.25, 0.3) is 5.91 Å². The van der Waals surface area contributed by atoms with Crippen LogP contribution in [0.1, 0.15) is 16.1 Å². The van der Waals surface area contributed by atoms with Crippen LogP contribution in [0.25, 0.3) is 10.6 Å². The minimum atomic E-state index is -0.124. The van der Waals surface area contributed by atoms with Gasteiger partial charge in [0, 0.05) is 27.2 Å². The summed E-state index contributed by atoms with van der Waals surface area (Å²) in [5.74, 6) is 0.600. The molecule has 0 bridgehead atoms. The van der Waals surface area contributed by atoms with Crippen molar-refractivity contribution < 1.29 is 9.53 Å². The van der Waals surface area contributed by atoms with Gasteiger partial charge >= 0.3 is 0 Å². The minimum absolute atomic E-state index is 0.124. The normalized spacial score (nSPS) is 10.5. The summed E-state index contributed by atoms with van der Waals surface area (Å²) < 4.78 is 5.55. The van der Waals surface area contributed by atoms with E-state index in [9.17, 15) is 4.79 Å². The first kappa shape index (κ1) is 17.5. The first-order valence-electron chi connectivity index (χ1n) is 7.81. The fourth-order valence-corrected chi connectivity index (χ4v) is 3.15. The van der Waals surface area contributed by atoms with Crippen molar-refractivity contribution in [2.45, 2.75) is 6.92 Å². The van der Waals surface area contributed by atoms with Crippen LogP contribution in [0.5, 0.6) is 5.75 Å². The molecule has 128 valence electrons. The fraction of sp³-hybridized carbons (Fsp3) is 0.158. The Labute approximate surface area is 155 Å². The fourth-order valence-electron chi connectivity index (χ4n) is 2.22. The lowest BCUT2D eigenvalue weighted by Crippen LogP contribution is -2.28. The number of thiazole rings is 1. The van der Waals surface area contributed by atoms with Crippen LogP contribution in [0.3, 0.4) is 0 Å². The van der Waals surface area contributed by atoms with E-state index in [1.54, 1.807) is 47.7 Å². The van der Waals surface area contributed by atoms with Gasteiger partial charge in [-0.25, -0.2) is 4.98 Å². The summed E-state index contributed by atoms with van der Waals surface area (Å²) in [6.07, 6.45) is 0. The number of aryl methyl sites for hydroxylation is 1. The summed E-state index contributed by atoms with van der Waals surface area (Å²) in [7, 11) is 0. The molecule has 0 aliphatic rings. The number of halogens is 1. The van der Waals surface area contributed by atoms with Gasteiger partial charge in [-0.3, -0.25) is 4.79 Å². The summed E-state index contributed by atoms with van der Waals surface area (Å²) >= 11 is 7.41. The molecule has 0 saturated carbocycles. The maximum absolute atomic E-state index is 12.2. The Balaban J connectivity index is 1.48. The van der Waals surface area contributed by atoms with Gasteiger partial charge in [0.1, 0.15) is 17.4 Å². The molecular weight excluding hydrogens is 356 g/mol. The number of hydrogen-bond acceptors (Lipinski definition) is 4. The Morgan fingerprint density at radius 3 is 2.52 bits per heavy atom. The molecule has 1 heterocycles. The summed E-state index contributed by atoms with van der Waals surface area (Å²) in [6, 6.07) is 14.6. The van der Waals surface area contributed by atoms with E-state index >= 15 is 0 Å². The highest BCUT2D eigenvalue weighted by atomic mass is 35.5. The summed E-state index contributed by atoms with van der Waals surface area (Å²) in [5.41, 5.74) is 2.63. The van der Waals surface area contributed by atoms with Crippen LogP contribution in [0.15, 0.2) is 53.9 Å². The zero-order chi connectivity index (χ0) is 17.6. The van der Waals surface area contributed by atoms with Crippen LogP contribution in [-0.4, -0.2) is 24.0 Å². The Kier molecular flexibility index (Phi) is 5.68. The third kappa shape index (κ3) is 4.81. The average Bonchev–Trinajstić information content (AvgIpc) is 3.06. The second-order valence-electron chi connectivity index (χ2n) is 5.43. The average molecular weight is 373 g/mol. The highest BCUT2D eigenvalue weighted by molar-refractivity contribution is 7.13. The molecule has 0 aliphatic carbocycles. The first-order valence-corrected chi connectivity index (χ1v) is 9.07. The van der Waals surface area contributed by atoms with Gasteiger partial charge in [-0.2, -0.15) is 0 Å². The molecule has 0 radical (unpaired) electrons. The van der Waals surface area contributed by atoms with Crippen molar-refractivity contribution in [2.24, 2.45) is 0 Å². The van der Waals surface area contributed by atoms with E-state index in [0.29, 0.717) is 23.7 Å². The van der Waals surface area contributed by atoms with E-state index in [1.807, 2.05) is 24.4 Å². The lowest BCUT2D eigenvalue weighted by molar-refractivity contribution is 0.0947. The molecule has 0 fully saturated rings. The number of carbonyl (C=O) groups excluding carboxylic acids is 1. The third-order valence-corrected chi connectivity index (χ3v) is 4.74. The molecule has 0 saturated heterocycles. The van der Waals surface area contributed by atoms with Crippen LogP contribution in [0.4, 0.5) is 0 Å². The van der Waals surface area contributed by atoms with Gasteiger partial charge < -0.3 is 10.1 Å². The quantitative estimate of drug-likeness (QED) is 0.644. The number of amides is 1. The highest BCUT2D eigenvalue weighted by Crippen LogP contribution is 2.23. The Hall–Kier alpha value is -2.37. The lowest BCUT2D eigenvalue weighted by Gasteiger charge is -2.08. The van der Waals surface area contributed by atoms with Gasteiger partial charge in [0.05, 0.1) is 6.54 Å². The van der Waals surface area contributed by atoms with Gasteiger partial charge in [-0.15, -0.1) is 11.3 Å². The van der Waals surface area contributed by atoms with Crippen LogP contribution in [0.2, 0.25) is 5.02 Å². The number of rotatable bonds is 6. The topological polar surface area (TPSA) is 51.2 Å². The van der Waals surface area contributed by atoms with Crippen molar-refractivity contribution >= 4 is 28.8 Å². The van der Waals surface area contributed by atoms with E-state index < -0.39 is 0 Å². The molecule has 0 atom stereocenters. The largest absolute Gasteiger partial charge is 0.492 e. The summed E-state index contributed by atoms with van der Waals surface area (Å²) in [6.45, 7) is 2.78. The lowest BCUT2D eigenvalue weighted by atomic mass is 10.1. The van der Waals surface area contributed by atoms with E-state index in [2.05, 4.69) is 10.3 Å². The van der Waals surface area contributed by atoms with Crippen LogP contribution in [0, 0.1) is 6.92 Å². The number of ether oxygens (including phenoxy) is 1. The molecule has 2 aromatic carbocycles. The standard InChI is InChI=1S/C19H17ClN2O2S/c1-13-12-25-19(22-13)15-4-2-14(3-5-15)18(23)21-10-11-24-17-8-6-16(20)7-9-17/h2-9,12H,10-11H2,1H3,(H,21,23). The molecule has 1 aromatic heterocycles. The number of carbonyl (C=O) groups is 1. The number of benzene rings is 2. The van der Waals surface area contributed by atoms with Gasteiger partial charge in [-0.1, -0.05) is 23.7 Å². The number of nitrogens with one attached hydrogen (secondary N) is 1. The molecule has 4 nitrogen and oxygen atoms in total. The Morgan fingerprint density at radius 1 is 1.16 bits per heavy atom. The van der Waals surface area contributed by atoms with Crippen molar-refractivity contribution in [1.82, 2.24) is 10.3 Å². The Morgan fingerprint density at radius 2 is 1.88 bits per heavy atom. The monoisotopic (exact) mass is 372 g/mol. The van der Waals surface area contributed by atoms with Crippen LogP contribution < -0.4 is 10.1 Å². The van der Waals surface area contributed by atoms with Gasteiger partial charge in [0.2, 0.25) is 0 Å². The second-order valence-corrected chi connectivity index (χ2v) is 6.72. The number of aromatic nitrogens is 1. The van der Waals surface area contributed by atoms with Crippen molar-refractivity contribution in [3.63, 3.8) is 0 Å². The predicted octanol–water partition coefficient (Wildman–Crippen LogP) is 4.58. The molecule has 0 spiro atoms. The van der Waals surface area contributed by atoms with Crippen molar-refractivity contribution in [1.29, 1.82) is 0 Å². The minimum Gasteiger partial charge on any atom is -0.492 e. The predicted molar refractivity (Wildman–Crippen MR) is 102 cm³/mol. The molecule has 0 unspecified atom stereocenters. The maximum Gasteiger partial charge on any atom is 0.251 e. The smallest absolute Gasteiger partial charge is 0.251 e. The van der Waals surface area contributed by atoms with Crippen molar-refractivity contribution in [3.05, 3.63) is 70.2 Å². The highest BCUT2D eigenvalue weighted by Gasteiger charge is 2.07. The second kappa shape index (κ2) is 8.14. The van der Waals surface area contributed by atoms with E-state index in [0.717, 1.165) is 22.0 Å². The molecular formula is C19H17ClN2O2S. The summed E-state index contributed by atoms with van der Waals surface area (Å²) in [5, 5.41) is 6.47. The molecule has 6 heteroatoms. The third-order valence-electron chi connectivity index (χ3n) is 3.48. The zero-order valence-electron chi connectivity index (χ0n) is 13.7. The Bertz CT molecular complexity index is 845. The van der Waals surface area contributed by atoms with Crippen LogP contribution in [-0.2, 0) is 0 Å². The summed E-state index contributed by atoms with van der Waals surface area (Å²) in [4.78, 5) is 16.6. The number of nitrogens with zero attached hydrogens (tertiary/aromatic N) is 1. The molecule has 25 heavy (non-hydrogen) atoms.